The minimum Gasteiger partial charge on any atom is -0.361 e. The number of fused-ring (bicyclic) bond motifs is 2. The highest BCUT2D eigenvalue weighted by Crippen LogP contribution is 2.41. The first kappa shape index (κ1) is 21.6. The Morgan fingerprint density at radius 2 is 1.79 bits per heavy atom. The van der Waals surface area contributed by atoms with E-state index in [4.69, 9.17) is 0 Å². The van der Waals surface area contributed by atoms with Gasteiger partial charge in [-0.3, -0.25) is 25.0 Å². The van der Waals surface area contributed by atoms with Crippen molar-refractivity contribution < 1.29 is 14.5 Å². The number of para-hydroxylation sites is 1. The monoisotopic (exact) mass is 457 g/mol. The van der Waals surface area contributed by atoms with Gasteiger partial charge in [-0.15, -0.1) is 0 Å². The van der Waals surface area contributed by atoms with Crippen LogP contribution in [0.1, 0.15) is 24.5 Å². The zero-order chi connectivity index (χ0) is 23.8. The van der Waals surface area contributed by atoms with E-state index in [9.17, 15) is 19.7 Å². The molecule has 0 fully saturated rings. The van der Waals surface area contributed by atoms with Crippen LogP contribution in [-0.2, 0) is 16.1 Å². The van der Waals surface area contributed by atoms with Gasteiger partial charge < -0.3 is 14.9 Å². The van der Waals surface area contributed by atoms with E-state index in [1.54, 1.807) is 24.5 Å². The first-order chi connectivity index (χ1) is 16.5. The molecule has 0 saturated heterocycles. The Morgan fingerprint density at radius 1 is 1.03 bits per heavy atom. The van der Waals surface area contributed by atoms with Crippen molar-refractivity contribution in [1.82, 2.24) is 20.2 Å². The Bertz CT molecular complexity index is 1490. The molecule has 0 unspecified atom stereocenters. The average Bonchev–Trinajstić information content (AvgIpc) is 3.49. The zero-order valence-electron chi connectivity index (χ0n) is 18.6. The van der Waals surface area contributed by atoms with E-state index in [1.165, 1.54) is 6.07 Å². The van der Waals surface area contributed by atoms with E-state index in [-0.39, 0.29) is 16.8 Å². The van der Waals surface area contributed by atoms with E-state index in [0.29, 0.717) is 28.6 Å². The van der Waals surface area contributed by atoms with Gasteiger partial charge in [-0.2, -0.15) is 0 Å². The van der Waals surface area contributed by atoms with Crippen molar-refractivity contribution in [3.8, 4) is 0 Å². The summed E-state index contributed by atoms with van der Waals surface area (Å²) < 4.78 is 1.92. The van der Waals surface area contributed by atoms with Crippen LogP contribution in [0.3, 0.4) is 0 Å². The number of carbonyl (C=O) groups is 2. The summed E-state index contributed by atoms with van der Waals surface area (Å²) in [7, 11) is 0. The van der Waals surface area contributed by atoms with Crippen molar-refractivity contribution in [2.24, 2.45) is 0 Å². The number of nitrogens with zero attached hydrogens (tertiary/aromatic N) is 2. The van der Waals surface area contributed by atoms with E-state index in [0.717, 1.165) is 30.4 Å². The number of rotatable bonds is 8. The molecular formula is C25H23N5O4. The molecule has 2 aromatic carbocycles. The first-order valence-corrected chi connectivity index (χ1v) is 11.1. The average molecular weight is 457 g/mol. The Hall–Kier alpha value is -4.24. The van der Waals surface area contributed by atoms with Crippen molar-refractivity contribution in [3.05, 3.63) is 76.1 Å². The number of aromatic amines is 1. The third kappa shape index (κ3) is 3.46. The molecule has 1 aliphatic heterocycles. The maximum atomic E-state index is 13.1. The molecule has 34 heavy (non-hydrogen) atoms. The van der Waals surface area contributed by atoms with E-state index in [1.807, 2.05) is 35.8 Å². The van der Waals surface area contributed by atoms with Gasteiger partial charge in [-0.25, -0.2) is 0 Å². The fourth-order valence-corrected chi connectivity index (χ4v) is 4.66. The molecule has 0 bridgehead atoms. The molecule has 1 aliphatic rings. The van der Waals surface area contributed by atoms with Crippen LogP contribution in [0.5, 0.6) is 0 Å². The normalized spacial score (nSPS) is 13.9. The minimum atomic E-state index is -0.560. The quantitative estimate of drug-likeness (QED) is 0.162. The van der Waals surface area contributed by atoms with Crippen LogP contribution in [0.2, 0.25) is 0 Å². The molecule has 0 spiro atoms. The summed E-state index contributed by atoms with van der Waals surface area (Å²) in [6.07, 6.45) is 4.26. The SMILES string of the molecule is CCNCCCn1cc(C2=C(c3c[nH]c4ccccc34)C(=O)NC2=O)c2c([N+](=O)[O-])cccc21. The Kier molecular flexibility index (Phi) is 5.46. The van der Waals surface area contributed by atoms with Gasteiger partial charge in [0.1, 0.15) is 0 Å². The summed E-state index contributed by atoms with van der Waals surface area (Å²) in [4.78, 5) is 40.6. The number of H-pyrrole nitrogens is 1. The van der Waals surface area contributed by atoms with Crippen molar-refractivity contribution >= 4 is 50.5 Å². The highest BCUT2D eigenvalue weighted by atomic mass is 16.6. The number of nitro benzene ring substituents is 1. The topological polar surface area (TPSA) is 122 Å². The van der Waals surface area contributed by atoms with Crippen LogP contribution in [0, 0.1) is 10.1 Å². The van der Waals surface area contributed by atoms with Gasteiger partial charge in [-0.1, -0.05) is 31.2 Å². The van der Waals surface area contributed by atoms with Crippen LogP contribution in [0.25, 0.3) is 33.0 Å². The number of aryl methyl sites for hydroxylation is 1. The Labute approximate surface area is 194 Å². The summed E-state index contributed by atoms with van der Waals surface area (Å²) in [6.45, 7) is 4.28. The number of carbonyl (C=O) groups excluding carboxylic acids is 2. The number of nitro groups is 1. The lowest BCUT2D eigenvalue weighted by Gasteiger charge is -2.05. The fraction of sp³-hybridized carbons (Fsp3) is 0.200. The number of non-ortho nitro benzene ring substituents is 1. The summed E-state index contributed by atoms with van der Waals surface area (Å²) in [5.41, 5.74) is 2.71. The van der Waals surface area contributed by atoms with E-state index in [2.05, 4.69) is 15.6 Å². The Balaban J connectivity index is 1.77. The van der Waals surface area contributed by atoms with Gasteiger partial charge in [0, 0.05) is 47.0 Å². The number of nitrogens with one attached hydrogen (secondary N) is 3. The van der Waals surface area contributed by atoms with Crippen molar-refractivity contribution in [2.75, 3.05) is 13.1 Å². The lowest BCUT2D eigenvalue weighted by Crippen LogP contribution is -2.22. The third-order valence-electron chi connectivity index (χ3n) is 6.14. The second-order valence-electron chi connectivity index (χ2n) is 8.15. The molecule has 0 aliphatic carbocycles. The second kappa shape index (κ2) is 8.60. The molecule has 3 heterocycles. The summed E-state index contributed by atoms with van der Waals surface area (Å²) in [6, 6.07) is 12.4. The number of aromatic nitrogens is 2. The van der Waals surface area contributed by atoms with Crippen LogP contribution >= 0.6 is 0 Å². The van der Waals surface area contributed by atoms with Crippen LogP contribution in [0.15, 0.2) is 54.9 Å². The first-order valence-electron chi connectivity index (χ1n) is 11.1. The van der Waals surface area contributed by atoms with Gasteiger partial charge in [-0.05, 0) is 31.6 Å². The van der Waals surface area contributed by atoms with Crippen molar-refractivity contribution in [2.45, 2.75) is 19.9 Å². The molecule has 2 aromatic heterocycles. The lowest BCUT2D eigenvalue weighted by atomic mass is 9.95. The number of imide groups is 1. The van der Waals surface area contributed by atoms with Crippen molar-refractivity contribution in [1.29, 1.82) is 0 Å². The van der Waals surface area contributed by atoms with E-state index < -0.39 is 16.7 Å². The van der Waals surface area contributed by atoms with Crippen LogP contribution < -0.4 is 10.6 Å². The third-order valence-corrected chi connectivity index (χ3v) is 6.14. The smallest absolute Gasteiger partial charge is 0.279 e. The van der Waals surface area contributed by atoms with Gasteiger partial charge >= 0.3 is 0 Å². The van der Waals surface area contributed by atoms with Gasteiger partial charge in [0.05, 0.1) is 27.0 Å². The fourth-order valence-electron chi connectivity index (χ4n) is 4.66. The molecule has 9 heteroatoms. The number of hydrogen-bond acceptors (Lipinski definition) is 5. The molecular weight excluding hydrogens is 434 g/mol. The van der Waals surface area contributed by atoms with Gasteiger partial charge in [0.25, 0.3) is 17.5 Å². The Morgan fingerprint density at radius 3 is 2.56 bits per heavy atom. The highest BCUT2D eigenvalue weighted by Gasteiger charge is 2.36. The number of amides is 2. The minimum absolute atomic E-state index is 0.101. The summed E-state index contributed by atoms with van der Waals surface area (Å²) in [5.74, 6) is -1.08. The molecule has 4 aromatic rings. The molecule has 0 atom stereocenters. The van der Waals surface area contributed by atoms with Crippen LogP contribution in [0.4, 0.5) is 5.69 Å². The standard InChI is InChI=1S/C25H23N5O4/c1-2-26-11-6-12-29-14-17(21-19(29)9-5-10-20(21)30(33)34)23-22(24(31)28-25(23)32)16-13-27-18-8-4-3-7-15(16)18/h3-5,7-10,13-14,26-27H,2,6,11-12H2,1H3,(H,28,31,32). The molecule has 3 N–H and O–H groups in total. The summed E-state index contributed by atoms with van der Waals surface area (Å²) in [5, 5.41) is 18.7. The largest absolute Gasteiger partial charge is 0.361 e. The second-order valence-corrected chi connectivity index (χ2v) is 8.15. The molecule has 0 saturated carbocycles. The predicted molar refractivity (Wildman–Crippen MR) is 130 cm³/mol. The molecule has 172 valence electrons. The molecule has 5 rings (SSSR count). The molecule has 2 amide bonds. The number of benzene rings is 2. The molecule has 9 nitrogen and oxygen atoms in total. The maximum Gasteiger partial charge on any atom is 0.279 e. The molecule has 0 radical (unpaired) electrons. The van der Waals surface area contributed by atoms with Crippen LogP contribution in [-0.4, -0.2) is 39.4 Å². The van der Waals surface area contributed by atoms with Gasteiger partial charge in [0.15, 0.2) is 0 Å². The highest BCUT2D eigenvalue weighted by molar-refractivity contribution is 6.51. The summed E-state index contributed by atoms with van der Waals surface area (Å²) >= 11 is 0. The van der Waals surface area contributed by atoms with Crippen molar-refractivity contribution in [3.63, 3.8) is 0 Å². The predicted octanol–water partition coefficient (Wildman–Crippen LogP) is 3.60. The zero-order valence-corrected chi connectivity index (χ0v) is 18.6. The van der Waals surface area contributed by atoms with E-state index >= 15 is 0 Å². The van der Waals surface area contributed by atoms with Gasteiger partial charge in [0.2, 0.25) is 0 Å². The maximum absolute atomic E-state index is 13.1. The lowest BCUT2D eigenvalue weighted by molar-refractivity contribution is -0.383. The number of hydrogen-bond donors (Lipinski definition) is 3.